The number of rotatable bonds is 5. The number of hydrogen-bond acceptors (Lipinski definition) is 3. The van der Waals surface area contributed by atoms with E-state index < -0.39 is 0 Å². The summed E-state index contributed by atoms with van der Waals surface area (Å²) in [6.07, 6.45) is 2.45. The quantitative estimate of drug-likeness (QED) is 0.885. The predicted molar refractivity (Wildman–Crippen MR) is 79.0 cm³/mol. The third-order valence-electron chi connectivity index (χ3n) is 2.97. The van der Waals surface area contributed by atoms with Gasteiger partial charge in [-0.2, -0.15) is 0 Å². The molecule has 0 amide bonds. The van der Waals surface area contributed by atoms with E-state index in [4.69, 9.17) is 23.2 Å². The van der Waals surface area contributed by atoms with Crippen LogP contribution in [0.3, 0.4) is 0 Å². The van der Waals surface area contributed by atoms with Gasteiger partial charge < -0.3 is 10.2 Å². The van der Waals surface area contributed by atoms with Crippen LogP contribution >= 0.6 is 23.2 Å². The molecule has 3 nitrogen and oxygen atoms in total. The number of halogens is 2. The van der Waals surface area contributed by atoms with Gasteiger partial charge in [0.25, 0.3) is 0 Å². The van der Waals surface area contributed by atoms with E-state index in [0.717, 1.165) is 12.4 Å². The summed E-state index contributed by atoms with van der Waals surface area (Å²) in [5, 5.41) is 4.19. The largest absolute Gasteiger partial charge is 0.372 e. The molecule has 1 saturated carbocycles. The number of hydrogen-bond donors (Lipinski definition) is 1. The first kappa shape index (κ1) is 13.8. The van der Waals surface area contributed by atoms with Crippen molar-refractivity contribution in [2.24, 2.45) is 5.92 Å². The Bertz CT molecular complexity index is 430. The average molecular weight is 288 g/mol. The van der Waals surface area contributed by atoms with Crippen molar-refractivity contribution in [1.29, 1.82) is 0 Å². The van der Waals surface area contributed by atoms with E-state index in [1.807, 2.05) is 7.05 Å². The van der Waals surface area contributed by atoms with Crippen molar-refractivity contribution in [2.45, 2.75) is 32.7 Å². The lowest BCUT2D eigenvalue weighted by Gasteiger charge is -2.27. The summed E-state index contributed by atoms with van der Waals surface area (Å²) in [5.41, 5.74) is 0. The number of pyridine rings is 1. The Kier molecular flexibility index (Phi) is 4.23. The highest BCUT2D eigenvalue weighted by molar-refractivity contribution is 6.37. The summed E-state index contributed by atoms with van der Waals surface area (Å²) in [4.78, 5) is 6.87. The van der Waals surface area contributed by atoms with Gasteiger partial charge in [-0.1, -0.05) is 37.0 Å². The maximum Gasteiger partial charge on any atom is 0.150 e. The number of nitrogens with one attached hydrogen (secondary N) is 1. The van der Waals surface area contributed by atoms with Gasteiger partial charge in [0.15, 0.2) is 0 Å². The predicted octanol–water partition coefficient (Wildman–Crippen LogP) is 4.05. The second-order valence-corrected chi connectivity index (χ2v) is 5.97. The SMILES string of the molecule is CNc1nc(N(CC(C)C)C2CC2)c(Cl)cc1Cl. The molecule has 1 aromatic rings. The maximum atomic E-state index is 6.29. The molecular formula is C13H19Cl2N3. The first-order chi connectivity index (χ1) is 8.52. The van der Waals surface area contributed by atoms with E-state index in [2.05, 4.69) is 29.0 Å². The lowest BCUT2D eigenvalue weighted by molar-refractivity contribution is 0.603. The van der Waals surface area contributed by atoms with Gasteiger partial charge in [0.1, 0.15) is 11.6 Å². The van der Waals surface area contributed by atoms with E-state index in [0.29, 0.717) is 27.8 Å². The van der Waals surface area contributed by atoms with Crippen LogP contribution in [0.25, 0.3) is 0 Å². The molecule has 2 rings (SSSR count). The Balaban J connectivity index is 2.34. The zero-order chi connectivity index (χ0) is 13.3. The van der Waals surface area contributed by atoms with Crippen LogP contribution < -0.4 is 10.2 Å². The molecule has 0 spiro atoms. The van der Waals surface area contributed by atoms with Gasteiger partial charge in [0.05, 0.1) is 10.0 Å². The number of aromatic nitrogens is 1. The standard InChI is InChI=1S/C13H19Cl2N3/c1-8(2)7-18(9-4-5-9)13-11(15)6-10(14)12(16-3)17-13/h6,8-9H,4-5,7H2,1-3H3,(H,16,17). The van der Waals surface area contributed by atoms with Gasteiger partial charge in [0.2, 0.25) is 0 Å². The van der Waals surface area contributed by atoms with Crippen molar-refractivity contribution in [1.82, 2.24) is 4.98 Å². The first-order valence-electron chi connectivity index (χ1n) is 6.33. The second-order valence-electron chi connectivity index (χ2n) is 5.15. The van der Waals surface area contributed by atoms with Crippen LogP contribution in [0.1, 0.15) is 26.7 Å². The van der Waals surface area contributed by atoms with Gasteiger partial charge in [0, 0.05) is 19.6 Å². The molecule has 0 bridgehead atoms. The number of nitrogens with zero attached hydrogens (tertiary/aromatic N) is 2. The molecule has 100 valence electrons. The van der Waals surface area contributed by atoms with Crippen LogP contribution in [0.5, 0.6) is 0 Å². The smallest absolute Gasteiger partial charge is 0.150 e. The monoisotopic (exact) mass is 287 g/mol. The van der Waals surface area contributed by atoms with Gasteiger partial charge in [-0.05, 0) is 24.8 Å². The van der Waals surface area contributed by atoms with E-state index in [1.54, 1.807) is 6.07 Å². The summed E-state index contributed by atoms with van der Waals surface area (Å²) in [5.74, 6) is 2.12. The molecule has 1 heterocycles. The van der Waals surface area contributed by atoms with Gasteiger partial charge in [-0.25, -0.2) is 4.98 Å². The molecule has 1 aliphatic rings. The van der Waals surface area contributed by atoms with E-state index >= 15 is 0 Å². The molecule has 1 fully saturated rings. The van der Waals surface area contributed by atoms with Crippen LogP contribution in [0.4, 0.5) is 11.6 Å². The summed E-state index contributed by atoms with van der Waals surface area (Å²) >= 11 is 12.4. The highest BCUT2D eigenvalue weighted by Crippen LogP contribution is 2.37. The van der Waals surface area contributed by atoms with Crippen molar-refractivity contribution in [3.8, 4) is 0 Å². The Morgan fingerprint density at radius 2 is 2.06 bits per heavy atom. The van der Waals surface area contributed by atoms with Crippen molar-refractivity contribution >= 4 is 34.8 Å². The topological polar surface area (TPSA) is 28.2 Å². The minimum absolute atomic E-state index is 0.562. The maximum absolute atomic E-state index is 6.29. The Morgan fingerprint density at radius 1 is 1.39 bits per heavy atom. The molecule has 0 atom stereocenters. The van der Waals surface area contributed by atoms with Crippen LogP contribution in [-0.2, 0) is 0 Å². The van der Waals surface area contributed by atoms with Crippen LogP contribution in [0.2, 0.25) is 10.0 Å². The van der Waals surface area contributed by atoms with Crippen molar-refractivity contribution in [2.75, 3.05) is 23.8 Å². The fourth-order valence-electron chi connectivity index (χ4n) is 2.02. The van der Waals surface area contributed by atoms with Crippen LogP contribution in [0.15, 0.2) is 6.07 Å². The molecule has 1 aromatic heterocycles. The highest BCUT2D eigenvalue weighted by atomic mass is 35.5. The molecule has 0 saturated heterocycles. The van der Waals surface area contributed by atoms with Crippen LogP contribution in [0, 0.1) is 5.92 Å². The summed E-state index contributed by atoms with van der Waals surface area (Å²) in [6.45, 7) is 5.39. The fourth-order valence-corrected chi connectivity index (χ4v) is 2.58. The zero-order valence-electron chi connectivity index (χ0n) is 11.0. The molecule has 0 unspecified atom stereocenters. The van der Waals surface area contributed by atoms with Gasteiger partial charge in [-0.15, -0.1) is 0 Å². The lowest BCUT2D eigenvalue weighted by atomic mass is 10.2. The molecule has 0 radical (unpaired) electrons. The minimum Gasteiger partial charge on any atom is -0.372 e. The zero-order valence-corrected chi connectivity index (χ0v) is 12.5. The molecule has 18 heavy (non-hydrogen) atoms. The third-order valence-corrected chi connectivity index (χ3v) is 3.54. The Labute approximate surface area is 118 Å². The van der Waals surface area contributed by atoms with Crippen molar-refractivity contribution < 1.29 is 0 Å². The average Bonchev–Trinajstić information content (AvgIpc) is 3.10. The molecule has 5 heteroatoms. The molecule has 0 aromatic carbocycles. The minimum atomic E-state index is 0.562. The summed E-state index contributed by atoms with van der Waals surface area (Å²) < 4.78 is 0. The molecule has 0 aliphatic heterocycles. The second kappa shape index (κ2) is 5.54. The first-order valence-corrected chi connectivity index (χ1v) is 7.09. The molecule has 1 N–H and O–H groups in total. The van der Waals surface area contributed by atoms with Crippen molar-refractivity contribution in [3.05, 3.63) is 16.1 Å². The van der Waals surface area contributed by atoms with Gasteiger partial charge in [-0.3, -0.25) is 0 Å². The Morgan fingerprint density at radius 3 is 2.56 bits per heavy atom. The normalized spacial score (nSPS) is 15.0. The highest BCUT2D eigenvalue weighted by Gasteiger charge is 2.32. The number of anilines is 2. The van der Waals surface area contributed by atoms with E-state index in [1.165, 1.54) is 12.8 Å². The molecular weight excluding hydrogens is 269 g/mol. The summed E-state index contributed by atoms with van der Waals surface area (Å²) in [6, 6.07) is 2.36. The van der Waals surface area contributed by atoms with E-state index in [9.17, 15) is 0 Å². The third kappa shape index (κ3) is 3.01. The van der Waals surface area contributed by atoms with Crippen LogP contribution in [-0.4, -0.2) is 24.6 Å². The molecule has 1 aliphatic carbocycles. The van der Waals surface area contributed by atoms with Gasteiger partial charge >= 0.3 is 0 Å². The van der Waals surface area contributed by atoms with E-state index in [-0.39, 0.29) is 0 Å². The lowest BCUT2D eigenvalue weighted by Crippen LogP contribution is -2.31. The fraction of sp³-hybridized carbons (Fsp3) is 0.615. The summed E-state index contributed by atoms with van der Waals surface area (Å²) in [7, 11) is 1.82. The Hall–Kier alpha value is -0.670. The van der Waals surface area contributed by atoms with Crippen molar-refractivity contribution in [3.63, 3.8) is 0 Å².